The van der Waals surface area contributed by atoms with Gasteiger partial charge in [0.05, 0.1) is 4.47 Å². The van der Waals surface area contributed by atoms with E-state index in [4.69, 9.17) is 4.74 Å². The Kier molecular flexibility index (Phi) is 6.09. The zero-order valence-corrected chi connectivity index (χ0v) is 18.3. The van der Waals surface area contributed by atoms with Crippen molar-refractivity contribution in [2.24, 2.45) is 0 Å². The molecule has 0 heterocycles. The smallest absolute Gasteiger partial charge is 0.263 e. The van der Waals surface area contributed by atoms with E-state index in [0.717, 1.165) is 31.2 Å². The first-order chi connectivity index (χ1) is 14.4. The van der Waals surface area contributed by atoms with Crippen molar-refractivity contribution in [3.63, 3.8) is 0 Å². The van der Waals surface area contributed by atoms with Crippen LogP contribution >= 0.6 is 15.9 Å². The van der Waals surface area contributed by atoms with Gasteiger partial charge in [0, 0.05) is 24.2 Å². The van der Waals surface area contributed by atoms with Crippen LogP contribution in [0.25, 0.3) is 0 Å². The molecule has 2 fully saturated rings. The van der Waals surface area contributed by atoms with Gasteiger partial charge in [0.15, 0.2) is 6.10 Å². The number of hydrogen-bond acceptors (Lipinski definition) is 3. The maximum Gasteiger partial charge on any atom is 0.263 e. The van der Waals surface area contributed by atoms with Crippen molar-refractivity contribution >= 4 is 27.7 Å². The molecule has 2 aromatic rings. The summed E-state index contributed by atoms with van der Waals surface area (Å²) in [5.41, 5.74) is 1.60. The number of rotatable bonds is 8. The van der Waals surface area contributed by atoms with Gasteiger partial charge in [0.25, 0.3) is 11.8 Å². The molecule has 0 saturated heterocycles. The van der Waals surface area contributed by atoms with Gasteiger partial charge in [0.1, 0.15) is 11.6 Å². The Balaban J connectivity index is 1.40. The maximum absolute atomic E-state index is 13.3. The van der Waals surface area contributed by atoms with E-state index in [-0.39, 0.29) is 23.7 Å². The summed E-state index contributed by atoms with van der Waals surface area (Å²) in [6.45, 7) is 2.17. The van der Waals surface area contributed by atoms with Crippen molar-refractivity contribution in [1.82, 2.24) is 10.2 Å². The number of carbonyl (C=O) groups excluding carboxylic acids is 2. The monoisotopic (exact) mass is 474 g/mol. The largest absolute Gasteiger partial charge is 0.480 e. The number of hydrogen-bond donors (Lipinski definition) is 1. The molecule has 2 aromatic carbocycles. The summed E-state index contributed by atoms with van der Waals surface area (Å²) in [7, 11) is 0. The van der Waals surface area contributed by atoms with Crippen LogP contribution in [0, 0.1) is 5.82 Å². The Morgan fingerprint density at radius 2 is 1.87 bits per heavy atom. The Hall–Kier alpha value is -2.41. The van der Waals surface area contributed by atoms with E-state index in [0.29, 0.717) is 28.4 Å². The van der Waals surface area contributed by atoms with Crippen LogP contribution in [0.1, 0.15) is 48.5 Å². The minimum absolute atomic E-state index is 0.0499. The van der Waals surface area contributed by atoms with Gasteiger partial charge in [0.2, 0.25) is 0 Å². The normalized spacial score (nSPS) is 16.6. The average molecular weight is 475 g/mol. The summed E-state index contributed by atoms with van der Waals surface area (Å²) in [5, 5.41) is 2.98. The van der Waals surface area contributed by atoms with Gasteiger partial charge >= 0.3 is 0 Å². The molecule has 1 unspecified atom stereocenters. The molecule has 0 aromatic heterocycles. The molecule has 2 amide bonds. The lowest BCUT2D eigenvalue weighted by atomic mass is 10.1. The fourth-order valence-corrected chi connectivity index (χ4v) is 3.72. The van der Waals surface area contributed by atoms with Gasteiger partial charge in [-0.25, -0.2) is 4.39 Å². The standard InChI is InChI=1S/C23H24BrFN2O3/c1-14(30-21-11-6-17(25)12-20(21)24)23(29)27(19-9-10-19)13-15-2-4-16(5-3-15)22(28)26-18-7-8-18/h2-6,11-12,14,18-19H,7-10,13H2,1H3,(H,26,28). The molecule has 0 bridgehead atoms. The first kappa shape index (κ1) is 20.8. The molecule has 7 heteroatoms. The highest BCUT2D eigenvalue weighted by Gasteiger charge is 2.35. The summed E-state index contributed by atoms with van der Waals surface area (Å²) in [5.74, 6) is -0.101. The fraction of sp³-hybridized carbons (Fsp3) is 0.391. The third-order valence-electron chi connectivity index (χ3n) is 5.30. The van der Waals surface area contributed by atoms with E-state index >= 15 is 0 Å². The number of halogens is 2. The predicted octanol–water partition coefficient (Wildman–Crippen LogP) is 4.44. The number of nitrogens with zero attached hydrogens (tertiary/aromatic N) is 1. The quantitative estimate of drug-likeness (QED) is 0.615. The van der Waals surface area contributed by atoms with Crippen molar-refractivity contribution in [2.45, 2.75) is 57.3 Å². The molecule has 5 nitrogen and oxygen atoms in total. The Bertz CT molecular complexity index is 942. The van der Waals surface area contributed by atoms with Crippen molar-refractivity contribution in [2.75, 3.05) is 0 Å². The molecular weight excluding hydrogens is 451 g/mol. The molecule has 1 N–H and O–H groups in total. The molecule has 2 aliphatic carbocycles. The van der Waals surface area contributed by atoms with Crippen LogP contribution in [0.2, 0.25) is 0 Å². The zero-order chi connectivity index (χ0) is 21.3. The maximum atomic E-state index is 13.3. The van der Waals surface area contributed by atoms with Crippen LogP contribution < -0.4 is 10.1 Å². The van der Waals surface area contributed by atoms with Crippen molar-refractivity contribution in [1.29, 1.82) is 0 Å². The summed E-state index contributed by atoms with van der Waals surface area (Å²) in [6.07, 6.45) is 3.35. The van der Waals surface area contributed by atoms with E-state index in [2.05, 4.69) is 21.2 Å². The van der Waals surface area contributed by atoms with E-state index in [1.54, 1.807) is 19.1 Å². The SMILES string of the molecule is CC(Oc1ccc(F)cc1Br)C(=O)N(Cc1ccc(C(=O)NC2CC2)cc1)C1CC1. The average Bonchev–Trinajstić information content (AvgIpc) is 3.63. The van der Waals surface area contributed by atoms with Crippen LogP contribution in [-0.4, -0.2) is 34.9 Å². The van der Waals surface area contributed by atoms with Crippen LogP contribution in [0.4, 0.5) is 4.39 Å². The summed E-state index contributed by atoms with van der Waals surface area (Å²) >= 11 is 3.27. The van der Waals surface area contributed by atoms with Gasteiger partial charge in [-0.15, -0.1) is 0 Å². The Morgan fingerprint density at radius 1 is 1.17 bits per heavy atom. The lowest BCUT2D eigenvalue weighted by Crippen LogP contribution is -2.41. The Labute approximate surface area is 183 Å². The van der Waals surface area contributed by atoms with Gasteiger partial charge in [-0.2, -0.15) is 0 Å². The second kappa shape index (κ2) is 8.76. The third kappa shape index (κ3) is 5.19. The summed E-state index contributed by atoms with van der Waals surface area (Å²) in [6, 6.07) is 12.1. The molecule has 2 aliphatic rings. The van der Waals surface area contributed by atoms with E-state index < -0.39 is 6.10 Å². The van der Waals surface area contributed by atoms with Gasteiger partial charge in [-0.1, -0.05) is 12.1 Å². The second-order valence-corrected chi connectivity index (χ2v) is 8.83. The van der Waals surface area contributed by atoms with Crippen molar-refractivity contribution in [3.8, 4) is 5.75 Å². The van der Waals surface area contributed by atoms with Gasteiger partial charge in [-0.05, 0) is 84.4 Å². The zero-order valence-electron chi connectivity index (χ0n) is 16.7. The van der Waals surface area contributed by atoms with Crippen LogP contribution in [-0.2, 0) is 11.3 Å². The highest BCUT2D eigenvalue weighted by Crippen LogP contribution is 2.31. The van der Waals surface area contributed by atoms with Crippen molar-refractivity contribution in [3.05, 3.63) is 63.9 Å². The van der Waals surface area contributed by atoms with E-state index in [1.807, 2.05) is 17.0 Å². The van der Waals surface area contributed by atoms with E-state index in [1.165, 1.54) is 18.2 Å². The van der Waals surface area contributed by atoms with Gasteiger partial charge < -0.3 is 15.0 Å². The molecule has 2 saturated carbocycles. The second-order valence-electron chi connectivity index (χ2n) is 7.98. The number of carbonyl (C=O) groups is 2. The summed E-state index contributed by atoms with van der Waals surface area (Å²) < 4.78 is 19.6. The topological polar surface area (TPSA) is 58.6 Å². The molecule has 4 rings (SSSR count). The summed E-state index contributed by atoms with van der Waals surface area (Å²) in [4.78, 5) is 27.0. The lowest BCUT2D eigenvalue weighted by molar-refractivity contribution is -0.139. The third-order valence-corrected chi connectivity index (χ3v) is 5.92. The first-order valence-corrected chi connectivity index (χ1v) is 11.0. The molecule has 30 heavy (non-hydrogen) atoms. The fourth-order valence-electron chi connectivity index (χ4n) is 3.27. The molecule has 0 aliphatic heterocycles. The van der Waals surface area contributed by atoms with Crippen LogP contribution in [0.5, 0.6) is 5.75 Å². The molecule has 158 valence electrons. The molecular formula is C23H24BrFN2O3. The predicted molar refractivity (Wildman–Crippen MR) is 115 cm³/mol. The Morgan fingerprint density at radius 3 is 2.47 bits per heavy atom. The highest BCUT2D eigenvalue weighted by molar-refractivity contribution is 9.10. The van der Waals surface area contributed by atoms with Crippen LogP contribution in [0.3, 0.4) is 0 Å². The van der Waals surface area contributed by atoms with E-state index in [9.17, 15) is 14.0 Å². The minimum atomic E-state index is -0.698. The molecule has 0 spiro atoms. The number of ether oxygens (including phenoxy) is 1. The number of nitrogens with one attached hydrogen (secondary N) is 1. The molecule has 0 radical (unpaired) electrons. The van der Waals surface area contributed by atoms with Gasteiger partial charge in [-0.3, -0.25) is 9.59 Å². The number of benzene rings is 2. The molecule has 1 atom stereocenters. The van der Waals surface area contributed by atoms with Crippen molar-refractivity contribution < 1.29 is 18.7 Å². The minimum Gasteiger partial charge on any atom is -0.480 e. The number of amides is 2. The lowest BCUT2D eigenvalue weighted by Gasteiger charge is -2.26. The first-order valence-electron chi connectivity index (χ1n) is 10.2. The van der Waals surface area contributed by atoms with Crippen LogP contribution in [0.15, 0.2) is 46.9 Å². The highest BCUT2D eigenvalue weighted by atomic mass is 79.9.